The van der Waals surface area contributed by atoms with E-state index in [1.807, 2.05) is 37.3 Å². The van der Waals surface area contributed by atoms with Gasteiger partial charge < -0.3 is 4.90 Å². The summed E-state index contributed by atoms with van der Waals surface area (Å²) in [6, 6.07) is 13.9. The third-order valence-corrected chi connectivity index (χ3v) is 6.17. The van der Waals surface area contributed by atoms with Gasteiger partial charge in [0.05, 0.1) is 21.8 Å². The van der Waals surface area contributed by atoms with Crippen molar-refractivity contribution in [3.05, 3.63) is 69.7 Å². The number of halogens is 2. The standard InChI is InChI=1S/C18H19Cl2NO3S/c1-13(15-6-4-3-5-7-15)21(2)18(22)12-25(23,24)11-14-8-9-16(19)17(20)10-14/h3-10,13H,11-12H2,1-2H3. The van der Waals surface area contributed by atoms with Crippen molar-refractivity contribution in [2.24, 2.45) is 0 Å². The molecule has 0 saturated heterocycles. The molecular weight excluding hydrogens is 381 g/mol. The van der Waals surface area contributed by atoms with Crippen LogP contribution < -0.4 is 0 Å². The topological polar surface area (TPSA) is 54.5 Å². The molecule has 0 aliphatic heterocycles. The molecule has 0 aliphatic rings. The normalized spacial score (nSPS) is 12.6. The molecule has 7 heteroatoms. The molecule has 0 heterocycles. The molecule has 2 rings (SSSR count). The molecule has 0 aromatic heterocycles. The quantitative estimate of drug-likeness (QED) is 0.733. The predicted octanol–water partition coefficient (Wildman–Crippen LogP) is 4.13. The number of rotatable bonds is 6. The molecule has 25 heavy (non-hydrogen) atoms. The second kappa shape index (κ2) is 8.21. The van der Waals surface area contributed by atoms with Gasteiger partial charge in [-0.15, -0.1) is 0 Å². The van der Waals surface area contributed by atoms with Gasteiger partial charge in [-0.3, -0.25) is 4.79 Å². The smallest absolute Gasteiger partial charge is 0.238 e. The van der Waals surface area contributed by atoms with E-state index < -0.39 is 21.5 Å². The summed E-state index contributed by atoms with van der Waals surface area (Å²) in [5, 5.41) is 0.644. The van der Waals surface area contributed by atoms with E-state index in [9.17, 15) is 13.2 Å². The highest BCUT2D eigenvalue weighted by molar-refractivity contribution is 7.91. The van der Waals surface area contributed by atoms with Crippen LogP contribution in [0.15, 0.2) is 48.5 Å². The minimum Gasteiger partial charge on any atom is -0.338 e. The van der Waals surface area contributed by atoms with Crippen LogP contribution in [0, 0.1) is 0 Å². The Kier molecular flexibility index (Phi) is 6.49. The van der Waals surface area contributed by atoms with E-state index in [1.165, 1.54) is 11.0 Å². The molecule has 0 bridgehead atoms. The summed E-state index contributed by atoms with van der Waals surface area (Å²) in [6.45, 7) is 1.86. The zero-order chi connectivity index (χ0) is 18.6. The van der Waals surface area contributed by atoms with E-state index in [4.69, 9.17) is 23.2 Å². The molecule has 2 aromatic rings. The Morgan fingerprint density at radius 2 is 1.72 bits per heavy atom. The molecule has 1 atom stereocenters. The largest absolute Gasteiger partial charge is 0.338 e. The van der Waals surface area contributed by atoms with Crippen molar-refractivity contribution < 1.29 is 13.2 Å². The monoisotopic (exact) mass is 399 g/mol. The van der Waals surface area contributed by atoms with Gasteiger partial charge in [0.1, 0.15) is 5.75 Å². The number of nitrogens with zero attached hydrogens (tertiary/aromatic N) is 1. The van der Waals surface area contributed by atoms with E-state index in [-0.39, 0.29) is 16.8 Å². The van der Waals surface area contributed by atoms with Crippen molar-refractivity contribution >= 4 is 38.9 Å². The highest BCUT2D eigenvalue weighted by Gasteiger charge is 2.24. The van der Waals surface area contributed by atoms with Crippen molar-refractivity contribution in [2.45, 2.75) is 18.7 Å². The Morgan fingerprint density at radius 3 is 2.32 bits per heavy atom. The van der Waals surface area contributed by atoms with Gasteiger partial charge in [-0.25, -0.2) is 8.42 Å². The highest BCUT2D eigenvalue weighted by Crippen LogP contribution is 2.24. The lowest BCUT2D eigenvalue weighted by Gasteiger charge is -2.25. The molecule has 0 saturated carbocycles. The molecule has 0 aliphatic carbocycles. The number of hydrogen-bond donors (Lipinski definition) is 0. The molecule has 1 unspecified atom stereocenters. The van der Waals surface area contributed by atoms with Gasteiger partial charge in [0.25, 0.3) is 0 Å². The Bertz CT molecular complexity index is 854. The molecule has 2 aromatic carbocycles. The van der Waals surface area contributed by atoms with Crippen LogP contribution in [0.2, 0.25) is 10.0 Å². The van der Waals surface area contributed by atoms with Crippen molar-refractivity contribution in [1.29, 1.82) is 0 Å². The average molecular weight is 400 g/mol. The summed E-state index contributed by atoms with van der Waals surface area (Å²) in [7, 11) is -2.01. The second-order valence-corrected chi connectivity index (χ2v) is 8.75. The lowest BCUT2D eigenvalue weighted by Crippen LogP contribution is -2.34. The first kappa shape index (κ1) is 19.8. The molecule has 134 valence electrons. The number of sulfone groups is 1. The number of benzene rings is 2. The van der Waals surface area contributed by atoms with Crippen LogP contribution in [0.25, 0.3) is 0 Å². The molecule has 0 radical (unpaired) electrons. The Labute approximate surface area is 158 Å². The number of hydrogen-bond acceptors (Lipinski definition) is 3. The van der Waals surface area contributed by atoms with E-state index in [1.54, 1.807) is 19.2 Å². The van der Waals surface area contributed by atoms with E-state index in [0.29, 0.717) is 10.6 Å². The van der Waals surface area contributed by atoms with Gasteiger partial charge in [-0.05, 0) is 30.2 Å². The highest BCUT2D eigenvalue weighted by atomic mass is 35.5. The first-order valence-electron chi connectivity index (χ1n) is 7.64. The fraction of sp³-hybridized carbons (Fsp3) is 0.278. The summed E-state index contributed by atoms with van der Waals surface area (Å²) in [6.07, 6.45) is 0. The zero-order valence-electron chi connectivity index (χ0n) is 13.9. The molecule has 1 amide bonds. The van der Waals surface area contributed by atoms with Crippen molar-refractivity contribution in [3.63, 3.8) is 0 Å². The van der Waals surface area contributed by atoms with Crippen LogP contribution in [-0.4, -0.2) is 32.0 Å². The Balaban J connectivity index is 2.06. The summed E-state index contributed by atoms with van der Waals surface area (Å²) in [5.41, 5.74) is 1.45. The first-order valence-corrected chi connectivity index (χ1v) is 10.2. The summed E-state index contributed by atoms with van der Waals surface area (Å²) in [4.78, 5) is 13.8. The number of carbonyl (C=O) groups excluding carboxylic acids is 1. The predicted molar refractivity (Wildman–Crippen MR) is 102 cm³/mol. The zero-order valence-corrected chi connectivity index (χ0v) is 16.3. The SMILES string of the molecule is CC(c1ccccc1)N(C)C(=O)CS(=O)(=O)Cc1ccc(Cl)c(Cl)c1. The first-order chi connectivity index (χ1) is 11.7. The van der Waals surface area contributed by atoms with E-state index in [2.05, 4.69) is 0 Å². The number of amides is 1. The Hall–Kier alpha value is -1.56. The van der Waals surface area contributed by atoms with Gasteiger partial charge >= 0.3 is 0 Å². The van der Waals surface area contributed by atoms with Crippen LogP contribution in [0.5, 0.6) is 0 Å². The van der Waals surface area contributed by atoms with Crippen LogP contribution in [0.4, 0.5) is 0 Å². The van der Waals surface area contributed by atoms with Crippen molar-refractivity contribution in [2.75, 3.05) is 12.8 Å². The molecule has 0 spiro atoms. The van der Waals surface area contributed by atoms with Crippen LogP contribution in [0.3, 0.4) is 0 Å². The minimum atomic E-state index is -3.62. The third-order valence-electron chi connectivity index (χ3n) is 3.97. The summed E-state index contributed by atoms with van der Waals surface area (Å²) < 4.78 is 24.7. The molecule has 4 nitrogen and oxygen atoms in total. The fourth-order valence-electron chi connectivity index (χ4n) is 2.40. The van der Waals surface area contributed by atoms with Crippen molar-refractivity contribution in [1.82, 2.24) is 4.90 Å². The minimum absolute atomic E-state index is 0.214. The fourth-order valence-corrected chi connectivity index (χ4v) is 4.09. The molecular formula is C18H19Cl2NO3S. The van der Waals surface area contributed by atoms with Crippen LogP contribution in [-0.2, 0) is 20.4 Å². The number of carbonyl (C=O) groups is 1. The van der Waals surface area contributed by atoms with Gasteiger partial charge in [0.2, 0.25) is 5.91 Å². The summed E-state index contributed by atoms with van der Waals surface area (Å²) >= 11 is 11.7. The second-order valence-electron chi connectivity index (χ2n) is 5.87. The molecule has 0 fully saturated rings. The van der Waals surface area contributed by atoms with Crippen molar-refractivity contribution in [3.8, 4) is 0 Å². The maximum absolute atomic E-state index is 12.4. The maximum atomic E-state index is 12.4. The van der Waals surface area contributed by atoms with E-state index in [0.717, 1.165) is 5.56 Å². The van der Waals surface area contributed by atoms with Crippen LogP contribution >= 0.6 is 23.2 Å². The van der Waals surface area contributed by atoms with E-state index >= 15 is 0 Å². The Morgan fingerprint density at radius 1 is 1.08 bits per heavy atom. The molecule has 0 N–H and O–H groups in total. The lowest BCUT2D eigenvalue weighted by atomic mass is 10.1. The third kappa shape index (κ3) is 5.46. The van der Waals surface area contributed by atoms with Crippen LogP contribution in [0.1, 0.15) is 24.1 Å². The van der Waals surface area contributed by atoms with Gasteiger partial charge in [-0.1, -0.05) is 59.6 Å². The summed E-state index contributed by atoms with van der Waals surface area (Å²) in [5.74, 6) is -1.26. The maximum Gasteiger partial charge on any atom is 0.238 e. The average Bonchev–Trinajstić information content (AvgIpc) is 2.57. The van der Waals surface area contributed by atoms with Gasteiger partial charge in [0, 0.05) is 7.05 Å². The van der Waals surface area contributed by atoms with Gasteiger partial charge in [0.15, 0.2) is 9.84 Å². The lowest BCUT2D eigenvalue weighted by molar-refractivity contribution is -0.129. The van der Waals surface area contributed by atoms with Gasteiger partial charge in [-0.2, -0.15) is 0 Å².